The van der Waals surface area contributed by atoms with Crippen LogP contribution in [0.4, 0.5) is 0 Å². The molecule has 0 N–H and O–H groups in total. The van der Waals surface area contributed by atoms with Crippen LogP contribution in [0.1, 0.15) is 15.9 Å². The summed E-state index contributed by atoms with van der Waals surface area (Å²) in [5, 5.41) is 0.657. The molecule has 0 aliphatic carbocycles. The lowest BCUT2D eigenvalue weighted by atomic mass is 10.1. The van der Waals surface area contributed by atoms with Crippen LogP contribution in [0.5, 0.6) is 11.5 Å². The van der Waals surface area contributed by atoms with E-state index in [0.29, 0.717) is 26.6 Å². The van der Waals surface area contributed by atoms with Crippen molar-refractivity contribution < 1.29 is 14.3 Å². The molecule has 3 nitrogen and oxygen atoms in total. The molecule has 2 aromatic rings. The Morgan fingerprint density at radius 2 is 1.73 bits per heavy atom. The van der Waals surface area contributed by atoms with E-state index in [4.69, 9.17) is 21.1 Å². The molecule has 0 radical (unpaired) electrons. The first kappa shape index (κ1) is 16.6. The number of rotatable bonds is 5. The van der Waals surface area contributed by atoms with Crippen molar-refractivity contribution in [3.05, 3.63) is 63.1 Å². The number of allylic oxidation sites excluding steroid dienone is 1. The number of carbonyl (C=O) groups is 1. The molecular weight excluding hydrogens is 368 g/mol. The smallest absolute Gasteiger partial charge is 0.189 e. The number of benzene rings is 2. The van der Waals surface area contributed by atoms with Crippen LogP contribution in [-0.2, 0) is 0 Å². The lowest BCUT2D eigenvalue weighted by Crippen LogP contribution is -2.00. The molecule has 0 saturated heterocycles. The highest BCUT2D eigenvalue weighted by molar-refractivity contribution is 9.10. The quantitative estimate of drug-likeness (QED) is 0.539. The molecule has 22 heavy (non-hydrogen) atoms. The number of carbonyl (C=O) groups excluding carboxylic acids is 1. The molecular formula is C17H14BrClO3. The predicted octanol–water partition coefficient (Wildman–Crippen LogP) is 5.02. The van der Waals surface area contributed by atoms with Gasteiger partial charge in [0.1, 0.15) is 11.5 Å². The van der Waals surface area contributed by atoms with E-state index in [9.17, 15) is 4.79 Å². The van der Waals surface area contributed by atoms with E-state index < -0.39 is 0 Å². The Morgan fingerprint density at radius 1 is 1.09 bits per heavy atom. The summed E-state index contributed by atoms with van der Waals surface area (Å²) in [4.78, 5) is 12.4. The average Bonchev–Trinajstić information content (AvgIpc) is 2.53. The van der Waals surface area contributed by atoms with Crippen LogP contribution < -0.4 is 9.47 Å². The first-order valence-electron chi connectivity index (χ1n) is 6.44. The van der Waals surface area contributed by atoms with Gasteiger partial charge in [-0.25, -0.2) is 0 Å². The van der Waals surface area contributed by atoms with Crippen LogP contribution in [0.15, 0.2) is 46.9 Å². The zero-order valence-corrected chi connectivity index (χ0v) is 14.4. The van der Waals surface area contributed by atoms with Crippen LogP contribution in [-0.4, -0.2) is 20.0 Å². The van der Waals surface area contributed by atoms with E-state index in [0.717, 1.165) is 5.56 Å². The largest absolute Gasteiger partial charge is 0.496 e. The molecule has 0 aromatic heterocycles. The van der Waals surface area contributed by atoms with Crippen molar-refractivity contribution in [1.29, 1.82) is 0 Å². The second kappa shape index (κ2) is 7.47. The molecule has 0 spiro atoms. The van der Waals surface area contributed by atoms with Crippen LogP contribution in [0.25, 0.3) is 6.08 Å². The van der Waals surface area contributed by atoms with Crippen LogP contribution >= 0.6 is 27.5 Å². The second-order valence-corrected chi connectivity index (χ2v) is 5.73. The summed E-state index contributed by atoms with van der Waals surface area (Å²) in [5.41, 5.74) is 1.35. The van der Waals surface area contributed by atoms with Crippen LogP contribution in [0.3, 0.4) is 0 Å². The third kappa shape index (κ3) is 3.90. The zero-order chi connectivity index (χ0) is 16.1. The molecule has 2 rings (SSSR count). The van der Waals surface area contributed by atoms with Gasteiger partial charge in [-0.1, -0.05) is 29.8 Å². The van der Waals surface area contributed by atoms with Gasteiger partial charge in [0, 0.05) is 11.1 Å². The number of hydrogen-bond acceptors (Lipinski definition) is 3. The third-order valence-electron chi connectivity index (χ3n) is 3.04. The van der Waals surface area contributed by atoms with Crippen molar-refractivity contribution in [3.8, 4) is 11.5 Å². The lowest BCUT2D eigenvalue weighted by molar-refractivity contribution is 0.104. The van der Waals surface area contributed by atoms with Gasteiger partial charge in [0.15, 0.2) is 5.78 Å². The fourth-order valence-corrected chi connectivity index (χ4v) is 2.52. The molecule has 0 aliphatic rings. The second-order valence-electron chi connectivity index (χ2n) is 4.44. The zero-order valence-electron chi connectivity index (χ0n) is 12.1. The molecule has 5 heteroatoms. The van der Waals surface area contributed by atoms with Crippen molar-refractivity contribution >= 4 is 39.4 Å². The fourth-order valence-electron chi connectivity index (χ4n) is 1.89. The van der Waals surface area contributed by atoms with Gasteiger partial charge in [-0.05, 0) is 45.8 Å². The number of hydrogen-bond donors (Lipinski definition) is 0. The van der Waals surface area contributed by atoms with Crippen molar-refractivity contribution in [1.82, 2.24) is 0 Å². The van der Waals surface area contributed by atoms with Crippen molar-refractivity contribution in [2.24, 2.45) is 0 Å². The minimum Gasteiger partial charge on any atom is -0.496 e. The molecule has 0 aliphatic heterocycles. The molecule has 0 unspecified atom stereocenters. The van der Waals surface area contributed by atoms with E-state index in [1.54, 1.807) is 37.5 Å². The van der Waals surface area contributed by atoms with Gasteiger partial charge in [0.05, 0.1) is 24.3 Å². The highest BCUT2D eigenvalue weighted by atomic mass is 79.9. The standard InChI is InChI=1S/C17H14BrClO3/c1-21-16-10-17(22-2)14(18)9-13(16)15(20)8-5-11-3-6-12(19)7-4-11/h3-10H,1-2H3/b8-5+. The van der Waals surface area contributed by atoms with Gasteiger partial charge in [0.25, 0.3) is 0 Å². The predicted molar refractivity (Wildman–Crippen MR) is 92.1 cm³/mol. The van der Waals surface area contributed by atoms with Crippen molar-refractivity contribution in [3.63, 3.8) is 0 Å². The first-order valence-corrected chi connectivity index (χ1v) is 7.61. The molecule has 0 heterocycles. The van der Waals surface area contributed by atoms with Gasteiger partial charge in [0.2, 0.25) is 0 Å². The van der Waals surface area contributed by atoms with Gasteiger partial charge in [-0.2, -0.15) is 0 Å². The molecule has 114 valence electrons. The van der Waals surface area contributed by atoms with Crippen LogP contribution in [0, 0.1) is 0 Å². The third-order valence-corrected chi connectivity index (χ3v) is 3.91. The normalized spacial score (nSPS) is 10.7. The van der Waals surface area contributed by atoms with Crippen LogP contribution in [0.2, 0.25) is 5.02 Å². The summed E-state index contributed by atoms with van der Waals surface area (Å²) < 4.78 is 11.1. The molecule has 2 aromatic carbocycles. The maximum atomic E-state index is 12.4. The number of methoxy groups -OCH3 is 2. The summed E-state index contributed by atoms with van der Waals surface area (Å²) in [6, 6.07) is 10.6. The lowest BCUT2D eigenvalue weighted by Gasteiger charge is -2.10. The summed E-state index contributed by atoms with van der Waals surface area (Å²) in [6.07, 6.45) is 3.23. The Hall–Kier alpha value is -1.78. The molecule has 0 fully saturated rings. The molecule has 0 bridgehead atoms. The topological polar surface area (TPSA) is 35.5 Å². The Balaban J connectivity index is 2.29. The summed E-state index contributed by atoms with van der Waals surface area (Å²) >= 11 is 9.20. The van der Waals surface area contributed by atoms with Gasteiger partial charge in [-0.15, -0.1) is 0 Å². The van der Waals surface area contributed by atoms with E-state index in [1.807, 2.05) is 12.1 Å². The Bertz CT molecular complexity index is 709. The highest BCUT2D eigenvalue weighted by Crippen LogP contribution is 2.33. The van der Waals surface area contributed by atoms with E-state index in [2.05, 4.69) is 15.9 Å². The highest BCUT2D eigenvalue weighted by Gasteiger charge is 2.14. The first-order chi connectivity index (χ1) is 10.5. The van der Waals surface area contributed by atoms with Gasteiger partial charge in [-0.3, -0.25) is 4.79 Å². The Kier molecular flexibility index (Phi) is 5.63. The maximum Gasteiger partial charge on any atom is 0.189 e. The van der Waals surface area contributed by atoms with E-state index >= 15 is 0 Å². The Morgan fingerprint density at radius 3 is 2.32 bits per heavy atom. The van der Waals surface area contributed by atoms with Gasteiger partial charge < -0.3 is 9.47 Å². The summed E-state index contributed by atoms with van der Waals surface area (Å²) in [7, 11) is 3.07. The van der Waals surface area contributed by atoms with E-state index in [-0.39, 0.29) is 5.78 Å². The molecule has 0 atom stereocenters. The molecule has 0 amide bonds. The maximum absolute atomic E-state index is 12.4. The minimum atomic E-state index is -0.157. The number of ketones is 1. The van der Waals surface area contributed by atoms with Gasteiger partial charge >= 0.3 is 0 Å². The number of halogens is 2. The Labute approximate surface area is 142 Å². The average molecular weight is 382 g/mol. The van der Waals surface area contributed by atoms with Crippen molar-refractivity contribution in [2.45, 2.75) is 0 Å². The monoisotopic (exact) mass is 380 g/mol. The minimum absolute atomic E-state index is 0.157. The number of ether oxygens (including phenoxy) is 2. The van der Waals surface area contributed by atoms with E-state index in [1.165, 1.54) is 13.2 Å². The van der Waals surface area contributed by atoms with Crippen molar-refractivity contribution in [2.75, 3.05) is 14.2 Å². The molecule has 0 saturated carbocycles. The summed E-state index contributed by atoms with van der Waals surface area (Å²) in [5.74, 6) is 0.913. The SMILES string of the molecule is COc1cc(OC)c(C(=O)/C=C/c2ccc(Cl)cc2)cc1Br. The summed E-state index contributed by atoms with van der Waals surface area (Å²) in [6.45, 7) is 0. The fraction of sp³-hybridized carbons (Fsp3) is 0.118.